The van der Waals surface area contributed by atoms with Gasteiger partial charge in [-0.2, -0.15) is 0 Å². The van der Waals surface area contributed by atoms with Crippen LogP contribution in [0.2, 0.25) is 0 Å². The summed E-state index contributed by atoms with van der Waals surface area (Å²) in [6.07, 6.45) is 0. The van der Waals surface area contributed by atoms with Gasteiger partial charge in [-0.3, -0.25) is 9.59 Å². The lowest BCUT2D eigenvalue weighted by Crippen LogP contribution is -2.14. The minimum absolute atomic E-state index is 0.166. The van der Waals surface area contributed by atoms with Gasteiger partial charge in [-0.05, 0) is 108 Å². The molecular weight excluding hydrogens is 644 g/mol. The third-order valence-electron chi connectivity index (χ3n) is 5.98. The van der Waals surface area contributed by atoms with E-state index in [0.29, 0.717) is 11.1 Å². The average Bonchev–Trinajstić information content (AvgIpc) is 2.89. The summed E-state index contributed by atoms with van der Waals surface area (Å²) in [5, 5.41) is 6.26. The number of amides is 2. The second-order valence-electron chi connectivity index (χ2n) is 8.90. The summed E-state index contributed by atoms with van der Waals surface area (Å²) >= 11 is 6.88. The van der Waals surface area contributed by atoms with E-state index in [1.54, 1.807) is 45.9 Å². The number of hydrogen-bond acceptors (Lipinski definition) is 4. The fraction of sp³-hybridized carbons (Fsp3) is 0.133. The van der Waals surface area contributed by atoms with Gasteiger partial charge in [-0.25, -0.2) is 0 Å². The lowest BCUT2D eigenvalue weighted by atomic mass is 10.1. The Hall–Kier alpha value is -2.52. The predicted molar refractivity (Wildman–Crippen MR) is 168 cm³/mol. The van der Waals surface area contributed by atoms with E-state index >= 15 is 0 Å². The Kier molecular flexibility index (Phi) is 9.41. The first-order valence-electron chi connectivity index (χ1n) is 11.8. The van der Waals surface area contributed by atoms with E-state index in [9.17, 15) is 9.59 Å². The molecule has 0 fully saturated rings. The van der Waals surface area contributed by atoms with E-state index in [1.165, 1.54) is 0 Å². The van der Waals surface area contributed by atoms with Gasteiger partial charge in [-0.15, -0.1) is 0 Å². The van der Waals surface area contributed by atoms with Crippen LogP contribution >= 0.6 is 53.4 Å². The van der Waals surface area contributed by atoms with Gasteiger partial charge in [0.25, 0.3) is 11.8 Å². The van der Waals surface area contributed by atoms with E-state index < -0.39 is 0 Å². The molecule has 0 aliphatic rings. The second-order valence-corrected chi connectivity index (χ2v) is 12.9. The summed E-state index contributed by atoms with van der Waals surface area (Å²) in [7, 11) is 3.16. The van der Waals surface area contributed by atoms with Gasteiger partial charge in [0.1, 0.15) is 0 Å². The van der Waals surface area contributed by atoms with Crippen molar-refractivity contribution in [2.75, 3.05) is 10.6 Å². The highest BCUT2D eigenvalue weighted by Gasteiger charge is 2.19. The van der Waals surface area contributed by atoms with Crippen LogP contribution in [0.3, 0.4) is 0 Å². The topological polar surface area (TPSA) is 58.2 Å². The molecule has 0 bridgehead atoms. The molecule has 0 heterocycles. The van der Waals surface area contributed by atoms with Crippen LogP contribution in [0, 0.1) is 27.7 Å². The van der Waals surface area contributed by atoms with Crippen LogP contribution in [0.15, 0.2) is 91.5 Å². The molecule has 0 saturated heterocycles. The molecule has 0 aromatic heterocycles. The van der Waals surface area contributed by atoms with E-state index in [-0.39, 0.29) is 11.8 Å². The molecule has 0 radical (unpaired) electrons. The first kappa shape index (κ1) is 28.5. The number of nitrogens with one attached hydrogen (secondary N) is 2. The fourth-order valence-electron chi connectivity index (χ4n) is 3.81. The van der Waals surface area contributed by atoms with Crippen LogP contribution in [-0.4, -0.2) is 11.8 Å². The molecule has 4 aromatic rings. The second kappa shape index (κ2) is 12.6. The standard InChI is InChI=1S/C30H26Br2N2O2S2/c1-17-11-13-19(3)27(25(17)33-29(35)21-7-5-9-23(31)15-21)37-38-28-20(4)14-12-18(2)26(28)34-30(36)22-8-6-10-24(32)16-22/h5-16H,1-4H3,(H,33,35)(H,34,36). The molecule has 0 aliphatic heterocycles. The van der Waals surface area contributed by atoms with Gasteiger partial charge in [0, 0.05) is 29.9 Å². The molecule has 0 spiro atoms. The van der Waals surface area contributed by atoms with Crippen molar-refractivity contribution in [1.82, 2.24) is 0 Å². The Labute approximate surface area is 248 Å². The maximum Gasteiger partial charge on any atom is 0.255 e. The summed E-state index contributed by atoms with van der Waals surface area (Å²) in [5.74, 6) is -0.332. The monoisotopic (exact) mass is 668 g/mol. The van der Waals surface area contributed by atoms with Gasteiger partial charge in [-0.1, -0.05) is 68.3 Å². The Morgan fingerprint density at radius 2 is 0.947 bits per heavy atom. The van der Waals surface area contributed by atoms with Gasteiger partial charge < -0.3 is 10.6 Å². The third-order valence-corrected chi connectivity index (χ3v) is 9.69. The van der Waals surface area contributed by atoms with E-state index in [1.807, 2.05) is 64.1 Å². The summed E-state index contributed by atoms with van der Waals surface area (Å²) < 4.78 is 1.70. The minimum Gasteiger partial charge on any atom is -0.321 e. The summed E-state index contributed by atoms with van der Waals surface area (Å²) in [6, 6.07) is 22.8. The molecule has 194 valence electrons. The van der Waals surface area contributed by atoms with Gasteiger partial charge in [0.05, 0.1) is 11.4 Å². The van der Waals surface area contributed by atoms with Gasteiger partial charge in [0.2, 0.25) is 0 Å². The first-order chi connectivity index (χ1) is 18.1. The van der Waals surface area contributed by atoms with Crippen molar-refractivity contribution in [3.05, 3.63) is 115 Å². The molecule has 2 N–H and O–H groups in total. The highest BCUT2D eigenvalue weighted by Crippen LogP contribution is 2.48. The van der Waals surface area contributed by atoms with Gasteiger partial charge in [0.15, 0.2) is 0 Å². The highest BCUT2D eigenvalue weighted by molar-refractivity contribution is 9.10. The van der Waals surface area contributed by atoms with Crippen molar-refractivity contribution in [3.8, 4) is 0 Å². The number of rotatable bonds is 7. The maximum absolute atomic E-state index is 13.1. The van der Waals surface area contributed by atoms with E-state index in [2.05, 4.69) is 54.6 Å². The molecule has 0 unspecified atom stereocenters. The van der Waals surface area contributed by atoms with Crippen LogP contribution in [0.1, 0.15) is 43.0 Å². The number of halogens is 2. The zero-order valence-corrected chi connectivity index (χ0v) is 26.1. The summed E-state index contributed by atoms with van der Waals surface area (Å²) in [5.41, 5.74) is 6.81. The van der Waals surface area contributed by atoms with Crippen LogP contribution in [0.25, 0.3) is 0 Å². The smallest absolute Gasteiger partial charge is 0.255 e. The SMILES string of the molecule is Cc1ccc(C)c(SSc2c(C)ccc(C)c2NC(=O)c2cccc(Br)c2)c1NC(=O)c1cccc(Br)c1. The predicted octanol–water partition coefficient (Wildman–Crippen LogP) is 9.75. The molecule has 0 atom stereocenters. The molecule has 2 amide bonds. The van der Waals surface area contributed by atoms with E-state index in [0.717, 1.165) is 52.4 Å². The first-order valence-corrected chi connectivity index (χ1v) is 15.6. The molecule has 8 heteroatoms. The summed E-state index contributed by atoms with van der Waals surface area (Å²) in [4.78, 5) is 28.1. The number of benzene rings is 4. The van der Waals surface area contributed by atoms with Crippen molar-refractivity contribution in [3.63, 3.8) is 0 Å². The number of carbonyl (C=O) groups is 2. The Bertz CT molecular complexity index is 1420. The molecule has 4 rings (SSSR count). The quantitative estimate of drug-likeness (QED) is 0.192. The Morgan fingerprint density at radius 1 is 0.579 bits per heavy atom. The normalized spacial score (nSPS) is 10.8. The van der Waals surface area contributed by atoms with Crippen LogP contribution in [-0.2, 0) is 0 Å². The number of aryl methyl sites for hydroxylation is 4. The number of hydrogen-bond donors (Lipinski definition) is 2. The highest BCUT2D eigenvalue weighted by atomic mass is 79.9. The summed E-state index contributed by atoms with van der Waals surface area (Å²) in [6.45, 7) is 8.06. The fourth-order valence-corrected chi connectivity index (χ4v) is 7.55. The zero-order chi connectivity index (χ0) is 27.4. The molecule has 4 nitrogen and oxygen atoms in total. The van der Waals surface area contributed by atoms with Crippen molar-refractivity contribution in [1.29, 1.82) is 0 Å². The van der Waals surface area contributed by atoms with Crippen LogP contribution in [0.5, 0.6) is 0 Å². The van der Waals surface area contributed by atoms with Gasteiger partial charge >= 0.3 is 0 Å². The molecule has 4 aromatic carbocycles. The number of anilines is 2. The van der Waals surface area contributed by atoms with Crippen molar-refractivity contribution in [2.24, 2.45) is 0 Å². The maximum atomic E-state index is 13.1. The van der Waals surface area contributed by atoms with Crippen LogP contribution in [0.4, 0.5) is 11.4 Å². The van der Waals surface area contributed by atoms with Crippen molar-refractivity contribution >= 4 is 76.6 Å². The molecule has 0 aliphatic carbocycles. The minimum atomic E-state index is -0.166. The average molecular weight is 670 g/mol. The van der Waals surface area contributed by atoms with Crippen molar-refractivity contribution in [2.45, 2.75) is 37.5 Å². The number of carbonyl (C=O) groups excluding carboxylic acids is 2. The molecular formula is C30H26Br2N2O2S2. The van der Waals surface area contributed by atoms with Crippen LogP contribution < -0.4 is 10.6 Å². The Morgan fingerprint density at radius 3 is 1.32 bits per heavy atom. The lowest BCUT2D eigenvalue weighted by Gasteiger charge is -2.19. The zero-order valence-electron chi connectivity index (χ0n) is 21.3. The van der Waals surface area contributed by atoms with Crippen molar-refractivity contribution < 1.29 is 9.59 Å². The largest absolute Gasteiger partial charge is 0.321 e. The van der Waals surface area contributed by atoms with E-state index in [4.69, 9.17) is 0 Å². The lowest BCUT2D eigenvalue weighted by molar-refractivity contribution is 0.101. The Balaban J connectivity index is 1.63. The molecule has 38 heavy (non-hydrogen) atoms. The third kappa shape index (κ3) is 6.72. The molecule has 0 saturated carbocycles.